The molecule has 6 rings (SSSR count). The first-order valence-corrected chi connectivity index (χ1v) is 12.5. The van der Waals surface area contributed by atoms with Gasteiger partial charge in [0.05, 0.1) is 22.9 Å². The molecule has 1 aliphatic heterocycles. The van der Waals surface area contributed by atoms with Crippen LogP contribution in [0.1, 0.15) is 49.4 Å². The minimum atomic E-state index is -0.393. The summed E-state index contributed by atoms with van der Waals surface area (Å²) in [5, 5.41) is 8.47. The summed E-state index contributed by atoms with van der Waals surface area (Å²) < 4.78 is 10.3. The maximum atomic E-state index is 13.5. The van der Waals surface area contributed by atoms with Crippen LogP contribution < -0.4 is 10.2 Å². The number of fused-ring (bicyclic) bond motifs is 4. The summed E-state index contributed by atoms with van der Waals surface area (Å²) in [6.45, 7) is 4.80. The number of amides is 2. The summed E-state index contributed by atoms with van der Waals surface area (Å²) in [5.41, 5.74) is 6.62. The number of furan rings is 1. The van der Waals surface area contributed by atoms with Gasteiger partial charge in [-0.25, -0.2) is 9.78 Å². The molecule has 184 valence electrons. The minimum Gasteiger partial charge on any atom is -0.456 e. The average molecular weight is 483 g/mol. The first-order valence-electron chi connectivity index (χ1n) is 12.5. The Morgan fingerprint density at radius 1 is 1.08 bits per heavy atom. The van der Waals surface area contributed by atoms with Crippen LogP contribution in [0.4, 0.5) is 10.5 Å². The van der Waals surface area contributed by atoms with Gasteiger partial charge in [-0.15, -0.1) is 0 Å². The van der Waals surface area contributed by atoms with Crippen molar-refractivity contribution in [2.24, 2.45) is 14.1 Å². The molecule has 1 N–H and O–H groups in total. The topological polar surface area (TPSA) is 81.1 Å². The van der Waals surface area contributed by atoms with Crippen molar-refractivity contribution in [3.8, 4) is 11.1 Å². The fraction of sp³-hybridized carbons (Fsp3) is 0.321. The smallest absolute Gasteiger partial charge is 0.322 e. The molecular weight excluding hydrogens is 452 g/mol. The Kier molecular flexibility index (Phi) is 5.32. The first-order chi connectivity index (χ1) is 17.4. The monoisotopic (exact) mass is 482 g/mol. The average Bonchev–Trinajstić information content (AvgIpc) is 3.55. The second-order valence-electron chi connectivity index (χ2n) is 9.64. The molecule has 3 aromatic heterocycles. The number of aryl methyl sites for hydroxylation is 3. The van der Waals surface area contributed by atoms with E-state index in [9.17, 15) is 4.79 Å². The number of imidazole rings is 1. The molecule has 1 atom stereocenters. The molecule has 2 aromatic carbocycles. The van der Waals surface area contributed by atoms with E-state index in [4.69, 9.17) is 9.40 Å². The Morgan fingerprint density at radius 3 is 2.72 bits per heavy atom. The highest BCUT2D eigenvalue weighted by Gasteiger charge is 2.37. The second kappa shape index (κ2) is 8.55. The van der Waals surface area contributed by atoms with Crippen molar-refractivity contribution in [3.05, 3.63) is 65.9 Å². The summed E-state index contributed by atoms with van der Waals surface area (Å²) in [6, 6.07) is 11.8. The molecule has 0 saturated carbocycles. The molecule has 0 radical (unpaired) electrons. The van der Waals surface area contributed by atoms with Gasteiger partial charge in [-0.1, -0.05) is 31.9 Å². The lowest BCUT2D eigenvalue weighted by molar-refractivity contribution is 0.240. The van der Waals surface area contributed by atoms with E-state index >= 15 is 0 Å². The Bertz CT molecular complexity index is 1610. The quantitative estimate of drug-likeness (QED) is 0.308. The van der Waals surface area contributed by atoms with Crippen molar-refractivity contribution in [2.75, 3.05) is 11.4 Å². The molecule has 0 bridgehead atoms. The van der Waals surface area contributed by atoms with Gasteiger partial charge in [0.2, 0.25) is 0 Å². The number of nitrogens with one attached hydrogen (secondary N) is 1. The van der Waals surface area contributed by atoms with Crippen molar-refractivity contribution < 1.29 is 9.21 Å². The molecule has 36 heavy (non-hydrogen) atoms. The van der Waals surface area contributed by atoms with Crippen molar-refractivity contribution in [1.82, 2.24) is 24.6 Å². The number of aromatic nitrogens is 4. The van der Waals surface area contributed by atoms with E-state index < -0.39 is 6.04 Å². The van der Waals surface area contributed by atoms with Crippen LogP contribution in [0.3, 0.4) is 0 Å². The lowest BCUT2D eigenvalue weighted by Crippen LogP contribution is -2.47. The van der Waals surface area contributed by atoms with Gasteiger partial charge >= 0.3 is 6.03 Å². The van der Waals surface area contributed by atoms with Crippen LogP contribution in [0, 0.1) is 6.92 Å². The third-order valence-corrected chi connectivity index (χ3v) is 7.22. The number of anilines is 1. The maximum Gasteiger partial charge on any atom is 0.322 e. The van der Waals surface area contributed by atoms with Gasteiger partial charge in [-0.3, -0.25) is 9.58 Å². The Hall–Kier alpha value is -4.07. The fourth-order valence-electron chi connectivity index (χ4n) is 5.18. The molecule has 8 nitrogen and oxygen atoms in total. The van der Waals surface area contributed by atoms with Gasteiger partial charge in [0.25, 0.3) is 0 Å². The standard InChI is InChI=1S/C28H30N6O2/c1-5-6-7-12-34-26-21-13-18(20-15-29-32(3)16-20)9-11-24(21)36-27(26)25(31-28(34)35)19-8-10-23-22(14-19)30-17(2)33(23)4/h8-11,13-16,25H,5-7,12H2,1-4H3,(H,31,35). The van der Waals surface area contributed by atoms with Gasteiger partial charge in [-0.2, -0.15) is 5.10 Å². The lowest BCUT2D eigenvalue weighted by atomic mass is 9.98. The Morgan fingerprint density at radius 2 is 1.94 bits per heavy atom. The number of carbonyl (C=O) groups excluding carboxylic acids is 1. The summed E-state index contributed by atoms with van der Waals surface area (Å²) in [6.07, 6.45) is 6.93. The first kappa shape index (κ1) is 22.4. The molecule has 2 amide bonds. The number of nitrogens with zero attached hydrogens (tertiary/aromatic N) is 5. The van der Waals surface area contributed by atoms with Crippen molar-refractivity contribution in [3.63, 3.8) is 0 Å². The predicted octanol–water partition coefficient (Wildman–Crippen LogP) is 5.84. The van der Waals surface area contributed by atoms with Gasteiger partial charge in [-0.05, 0) is 48.7 Å². The van der Waals surface area contributed by atoms with E-state index in [0.717, 1.165) is 75.2 Å². The molecule has 1 aliphatic rings. The predicted molar refractivity (Wildman–Crippen MR) is 141 cm³/mol. The largest absolute Gasteiger partial charge is 0.456 e. The molecule has 4 heterocycles. The third-order valence-electron chi connectivity index (χ3n) is 7.22. The molecule has 0 fully saturated rings. The zero-order valence-electron chi connectivity index (χ0n) is 21.1. The molecule has 8 heteroatoms. The van der Waals surface area contributed by atoms with Gasteiger partial charge in [0.15, 0.2) is 5.76 Å². The SMILES string of the molecule is CCCCCN1C(=O)NC(c2ccc3c(c2)nc(C)n3C)c2oc3ccc(-c4cnn(C)c4)cc3c21. The molecular formula is C28H30N6O2. The van der Waals surface area contributed by atoms with E-state index in [1.54, 1.807) is 4.68 Å². The van der Waals surface area contributed by atoms with Crippen LogP contribution in [0.5, 0.6) is 0 Å². The second-order valence-corrected chi connectivity index (χ2v) is 9.64. The van der Waals surface area contributed by atoms with E-state index in [1.165, 1.54) is 0 Å². The molecule has 5 aromatic rings. The minimum absolute atomic E-state index is 0.101. The fourth-order valence-corrected chi connectivity index (χ4v) is 5.18. The van der Waals surface area contributed by atoms with Crippen LogP contribution in [0.2, 0.25) is 0 Å². The lowest BCUT2D eigenvalue weighted by Gasteiger charge is -2.32. The number of carbonyl (C=O) groups is 1. The van der Waals surface area contributed by atoms with Gasteiger partial charge in [0.1, 0.15) is 17.4 Å². The van der Waals surface area contributed by atoms with Gasteiger partial charge < -0.3 is 14.3 Å². The summed E-state index contributed by atoms with van der Waals surface area (Å²) in [4.78, 5) is 20.0. The molecule has 0 saturated heterocycles. The van der Waals surface area contributed by atoms with E-state index in [-0.39, 0.29) is 6.03 Å². The third kappa shape index (κ3) is 3.56. The van der Waals surface area contributed by atoms with Gasteiger partial charge in [0, 0.05) is 37.8 Å². The number of benzene rings is 2. The summed E-state index contributed by atoms with van der Waals surface area (Å²) >= 11 is 0. The van der Waals surface area contributed by atoms with Crippen LogP contribution >= 0.6 is 0 Å². The van der Waals surface area contributed by atoms with Crippen molar-refractivity contribution in [1.29, 1.82) is 0 Å². The van der Waals surface area contributed by atoms with Crippen molar-refractivity contribution >= 4 is 33.7 Å². The zero-order valence-corrected chi connectivity index (χ0v) is 21.1. The van der Waals surface area contributed by atoms with E-state index in [0.29, 0.717) is 6.54 Å². The molecule has 0 spiro atoms. The summed E-state index contributed by atoms with van der Waals surface area (Å²) in [5.74, 6) is 1.71. The van der Waals surface area contributed by atoms with Crippen LogP contribution in [-0.4, -0.2) is 31.9 Å². The highest BCUT2D eigenvalue weighted by atomic mass is 16.3. The van der Waals surface area contributed by atoms with Crippen LogP contribution in [0.15, 0.2) is 53.2 Å². The van der Waals surface area contributed by atoms with Crippen LogP contribution in [-0.2, 0) is 14.1 Å². The normalized spacial score (nSPS) is 15.6. The Balaban J connectivity index is 1.51. The number of hydrogen-bond donors (Lipinski definition) is 1. The number of urea groups is 1. The van der Waals surface area contributed by atoms with E-state index in [1.807, 2.05) is 50.4 Å². The maximum absolute atomic E-state index is 13.5. The van der Waals surface area contributed by atoms with Crippen molar-refractivity contribution in [2.45, 2.75) is 39.2 Å². The highest BCUT2D eigenvalue weighted by molar-refractivity contribution is 6.06. The molecule has 0 aliphatic carbocycles. The summed E-state index contributed by atoms with van der Waals surface area (Å²) in [7, 11) is 3.92. The van der Waals surface area contributed by atoms with E-state index in [2.05, 4.69) is 46.2 Å². The van der Waals surface area contributed by atoms with Crippen LogP contribution in [0.25, 0.3) is 33.1 Å². The number of hydrogen-bond acceptors (Lipinski definition) is 4. The number of unbranched alkanes of at least 4 members (excludes halogenated alkanes) is 2. The molecule has 1 unspecified atom stereocenters. The zero-order chi connectivity index (χ0) is 25.0. The number of rotatable bonds is 6. The Labute approximate surface area is 209 Å². The highest BCUT2D eigenvalue weighted by Crippen LogP contribution is 2.44.